The third-order valence-electron chi connectivity index (χ3n) is 5.27. The first-order chi connectivity index (χ1) is 14.1. The summed E-state index contributed by atoms with van der Waals surface area (Å²) in [5.41, 5.74) is 1.90. The summed E-state index contributed by atoms with van der Waals surface area (Å²) in [5, 5.41) is 13.1. The van der Waals surface area contributed by atoms with Gasteiger partial charge in [-0.2, -0.15) is 0 Å². The van der Waals surface area contributed by atoms with Gasteiger partial charge in [0.25, 0.3) is 5.91 Å². The molecule has 0 radical (unpaired) electrons. The molecule has 0 spiro atoms. The number of anilines is 2. The van der Waals surface area contributed by atoms with E-state index in [0.717, 1.165) is 31.2 Å². The average molecular weight is 396 g/mol. The standard InChI is InChI=1S/C21H23N3O3.C2H6/c1-3-13-5-4-6-16-20(13)27-18-11-19(22-12-17(18)24(2)21(16)26)23-14-7-9-15(25)10-8-14;1-2/h3-6,11-12,14-15,25H,1,7-10H2,2H3,(H,22,23);1-2H3. The van der Waals surface area contributed by atoms with Crippen LogP contribution in [0.3, 0.4) is 0 Å². The molecule has 6 heteroatoms. The number of ether oxygens (including phenoxy) is 1. The van der Waals surface area contributed by atoms with Gasteiger partial charge in [-0.3, -0.25) is 4.79 Å². The highest BCUT2D eigenvalue weighted by Crippen LogP contribution is 2.41. The number of fused-ring (bicyclic) bond motifs is 2. The Kier molecular flexibility index (Phi) is 6.54. The highest BCUT2D eigenvalue weighted by atomic mass is 16.5. The topological polar surface area (TPSA) is 74.7 Å². The molecule has 1 aromatic carbocycles. The smallest absolute Gasteiger partial charge is 0.261 e. The van der Waals surface area contributed by atoms with E-state index in [0.29, 0.717) is 28.6 Å². The average Bonchev–Trinajstić information content (AvgIpc) is 2.86. The molecule has 1 aromatic heterocycles. The minimum absolute atomic E-state index is 0.142. The Bertz CT molecular complexity index is 889. The van der Waals surface area contributed by atoms with Crippen LogP contribution in [0.15, 0.2) is 37.0 Å². The van der Waals surface area contributed by atoms with E-state index < -0.39 is 0 Å². The number of rotatable bonds is 3. The lowest BCUT2D eigenvalue weighted by Crippen LogP contribution is -2.28. The van der Waals surface area contributed by atoms with Crippen molar-refractivity contribution < 1.29 is 14.6 Å². The number of benzene rings is 1. The Morgan fingerprint density at radius 1 is 1.28 bits per heavy atom. The molecule has 0 bridgehead atoms. The second kappa shape index (κ2) is 9.09. The van der Waals surface area contributed by atoms with Gasteiger partial charge in [0.05, 0.1) is 17.9 Å². The van der Waals surface area contributed by atoms with Crippen molar-refractivity contribution in [2.75, 3.05) is 17.3 Å². The second-order valence-electron chi connectivity index (χ2n) is 7.08. The molecule has 2 aromatic rings. The Balaban J connectivity index is 0.00000117. The number of amides is 1. The van der Waals surface area contributed by atoms with Crippen LogP contribution in [0.25, 0.3) is 6.08 Å². The number of nitrogens with zero attached hydrogens (tertiary/aromatic N) is 2. The molecule has 0 saturated heterocycles. The third kappa shape index (κ3) is 4.27. The first kappa shape index (κ1) is 20.9. The van der Waals surface area contributed by atoms with Crippen LogP contribution in [-0.4, -0.2) is 35.2 Å². The van der Waals surface area contributed by atoms with Crippen molar-refractivity contribution in [1.29, 1.82) is 0 Å². The number of hydrogen-bond donors (Lipinski definition) is 2. The van der Waals surface area contributed by atoms with Crippen molar-refractivity contribution in [1.82, 2.24) is 4.98 Å². The lowest BCUT2D eigenvalue weighted by atomic mass is 9.93. The lowest BCUT2D eigenvalue weighted by molar-refractivity contribution is 0.0993. The molecular formula is C23H29N3O3. The van der Waals surface area contributed by atoms with Gasteiger partial charge >= 0.3 is 0 Å². The van der Waals surface area contributed by atoms with Gasteiger partial charge in [0.2, 0.25) is 0 Å². The summed E-state index contributed by atoms with van der Waals surface area (Å²) in [6.07, 6.45) is 6.56. The van der Waals surface area contributed by atoms with Crippen LogP contribution < -0.4 is 15.0 Å². The maximum atomic E-state index is 12.8. The van der Waals surface area contributed by atoms with Crippen molar-refractivity contribution in [2.24, 2.45) is 0 Å². The number of pyridine rings is 1. The molecule has 2 N–H and O–H groups in total. The van der Waals surface area contributed by atoms with Crippen LogP contribution in [0.5, 0.6) is 11.5 Å². The first-order valence-electron chi connectivity index (χ1n) is 10.2. The van der Waals surface area contributed by atoms with Crippen molar-refractivity contribution >= 4 is 23.5 Å². The molecule has 2 heterocycles. The fraction of sp³-hybridized carbons (Fsp3) is 0.391. The number of para-hydroxylation sites is 1. The van der Waals surface area contributed by atoms with E-state index in [-0.39, 0.29) is 18.1 Å². The third-order valence-corrected chi connectivity index (χ3v) is 5.27. The fourth-order valence-corrected chi connectivity index (χ4v) is 3.67. The molecule has 6 nitrogen and oxygen atoms in total. The zero-order chi connectivity index (χ0) is 21.0. The molecule has 1 fully saturated rings. The minimum atomic E-state index is -0.195. The summed E-state index contributed by atoms with van der Waals surface area (Å²) >= 11 is 0. The van der Waals surface area contributed by atoms with Crippen LogP contribution in [0.2, 0.25) is 0 Å². The number of aromatic nitrogens is 1. The number of carbonyl (C=O) groups is 1. The maximum absolute atomic E-state index is 12.8. The Morgan fingerprint density at radius 3 is 2.69 bits per heavy atom. The molecular weight excluding hydrogens is 366 g/mol. The highest BCUT2D eigenvalue weighted by molar-refractivity contribution is 6.10. The SMILES string of the molecule is C=Cc1cccc2c1Oc1cc(NC3CCC(O)CC3)ncc1N(C)C2=O.CC. The largest absolute Gasteiger partial charge is 0.453 e. The summed E-state index contributed by atoms with van der Waals surface area (Å²) in [5.74, 6) is 1.65. The summed E-state index contributed by atoms with van der Waals surface area (Å²) in [7, 11) is 1.72. The molecule has 4 rings (SSSR count). The van der Waals surface area contributed by atoms with E-state index in [9.17, 15) is 9.90 Å². The van der Waals surface area contributed by atoms with Crippen LogP contribution in [0.4, 0.5) is 11.5 Å². The molecule has 1 aliphatic heterocycles. The van der Waals surface area contributed by atoms with E-state index in [1.807, 2.05) is 32.0 Å². The van der Waals surface area contributed by atoms with Gasteiger partial charge in [-0.1, -0.05) is 38.6 Å². The molecule has 1 amide bonds. The van der Waals surface area contributed by atoms with Crippen LogP contribution >= 0.6 is 0 Å². The maximum Gasteiger partial charge on any atom is 0.261 e. The van der Waals surface area contributed by atoms with Gasteiger partial charge in [-0.15, -0.1) is 0 Å². The fourth-order valence-electron chi connectivity index (χ4n) is 3.67. The molecule has 29 heavy (non-hydrogen) atoms. The Morgan fingerprint density at radius 2 is 2.00 bits per heavy atom. The second-order valence-corrected chi connectivity index (χ2v) is 7.08. The zero-order valence-corrected chi connectivity index (χ0v) is 17.3. The van der Waals surface area contributed by atoms with E-state index in [1.165, 1.54) is 0 Å². The quantitative estimate of drug-likeness (QED) is 0.777. The Labute approximate surface area is 172 Å². The van der Waals surface area contributed by atoms with Gasteiger partial charge in [0, 0.05) is 24.7 Å². The molecule has 2 aliphatic rings. The van der Waals surface area contributed by atoms with E-state index in [2.05, 4.69) is 16.9 Å². The molecule has 1 saturated carbocycles. The summed E-state index contributed by atoms with van der Waals surface area (Å²) < 4.78 is 6.16. The summed E-state index contributed by atoms with van der Waals surface area (Å²) in [4.78, 5) is 18.9. The predicted molar refractivity (Wildman–Crippen MR) is 117 cm³/mol. The summed E-state index contributed by atoms with van der Waals surface area (Å²) in [6.45, 7) is 7.82. The lowest BCUT2D eigenvalue weighted by Gasteiger charge is -2.27. The van der Waals surface area contributed by atoms with Gasteiger partial charge < -0.3 is 20.1 Å². The molecule has 154 valence electrons. The molecule has 0 unspecified atom stereocenters. The van der Waals surface area contributed by atoms with Crippen LogP contribution in [0.1, 0.15) is 55.5 Å². The zero-order valence-electron chi connectivity index (χ0n) is 17.3. The van der Waals surface area contributed by atoms with Gasteiger partial charge in [-0.05, 0) is 31.7 Å². The van der Waals surface area contributed by atoms with Crippen molar-refractivity contribution in [3.8, 4) is 11.5 Å². The van der Waals surface area contributed by atoms with Gasteiger partial charge in [0.15, 0.2) is 5.75 Å². The first-order valence-corrected chi connectivity index (χ1v) is 10.2. The number of aliphatic hydroxyl groups is 1. The normalized spacial score (nSPS) is 20.3. The van der Waals surface area contributed by atoms with Crippen LogP contribution in [-0.2, 0) is 0 Å². The highest BCUT2D eigenvalue weighted by Gasteiger charge is 2.28. The Hall–Kier alpha value is -2.86. The van der Waals surface area contributed by atoms with E-state index in [1.54, 1.807) is 30.3 Å². The molecule has 1 aliphatic carbocycles. The number of hydrogen-bond acceptors (Lipinski definition) is 5. The van der Waals surface area contributed by atoms with E-state index in [4.69, 9.17) is 4.74 Å². The molecule has 0 atom stereocenters. The van der Waals surface area contributed by atoms with Crippen molar-refractivity contribution in [3.63, 3.8) is 0 Å². The minimum Gasteiger partial charge on any atom is -0.453 e. The van der Waals surface area contributed by atoms with Gasteiger partial charge in [-0.25, -0.2) is 4.98 Å². The van der Waals surface area contributed by atoms with Crippen LogP contribution in [0, 0.1) is 0 Å². The predicted octanol–water partition coefficient (Wildman–Crippen LogP) is 4.85. The number of nitrogens with one attached hydrogen (secondary N) is 1. The number of carbonyl (C=O) groups excluding carboxylic acids is 1. The summed E-state index contributed by atoms with van der Waals surface area (Å²) in [6, 6.07) is 7.56. The van der Waals surface area contributed by atoms with Gasteiger partial charge in [0.1, 0.15) is 17.3 Å². The van der Waals surface area contributed by atoms with Crippen molar-refractivity contribution in [2.45, 2.75) is 51.7 Å². The number of aliphatic hydroxyl groups excluding tert-OH is 1. The van der Waals surface area contributed by atoms with Crippen molar-refractivity contribution in [3.05, 3.63) is 48.2 Å². The monoisotopic (exact) mass is 395 g/mol. The van der Waals surface area contributed by atoms with E-state index >= 15 is 0 Å².